The van der Waals surface area contributed by atoms with Crippen LogP contribution < -0.4 is 5.32 Å². The molecule has 1 unspecified atom stereocenters. The van der Waals surface area contributed by atoms with Crippen LogP contribution in [-0.2, 0) is 0 Å². The van der Waals surface area contributed by atoms with Crippen molar-refractivity contribution in [2.45, 2.75) is 20.8 Å². The molecule has 0 saturated heterocycles. The smallest absolute Gasteiger partial charge is 0.127 e. The predicted octanol–water partition coefficient (Wildman–Crippen LogP) is 2.66. The van der Waals surface area contributed by atoms with Crippen molar-refractivity contribution in [2.75, 3.05) is 11.9 Å². The van der Waals surface area contributed by atoms with Crippen LogP contribution in [0.4, 0.5) is 5.82 Å². The van der Waals surface area contributed by atoms with Crippen LogP contribution in [-0.4, -0.2) is 11.5 Å². The highest BCUT2D eigenvalue weighted by molar-refractivity contribution is 5.42. The van der Waals surface area contributed by atoms with Crippen molar-refractivity contribution in [3.63, 3.8) is 0 Å². The third-order valence-corrected chi connectivity index (χ3v) is 2.63. The number of aromatic nitrogens is 1. The fraction of sp³-hybridized carbons (Fsp3) is 0.500. The standard InChI is InChI=1S/C12H17N3/c1-9(2)10(3)8-15-12-6-11(7-13)4-5-14-12/h4-6,9-10H,8H2,1-3H3,(H,14,15). The summed E-state index contributed by atoms with van der Waals surface area (Å²) in [6.45, 7) is 7.49. The van der Waals surface area contributed by atoms with Crippen LogP contribution >= 0.6 is 0 Å². The number of anilines is 1. The highest BCUT2D eigenvalue weighted by atomic mass is 15.0. The first-order valence-electron chi connectivity index (χ1n) is 5.23. The van der Waals surface area contributed by atoms with E-state index in [0.717, 1.165) is 12.4 Å². The molecule has 0 spiro atoms. The number of rotatable bonds is 4. The van der Waals surface area contributed by atoms with E-state index in [1.807, 2.05) is 0 Å². The lowest BCUT2D eigenvalue weighted by Crippen LogP contribution is -2.16. The summed E-state index contributed by atoms with van der Waals surface area (Å²) in [4.78, 5) is 4.16. The highest BCUT2D eigenvalue weighted by Gasteiger charge is 2.06. The number of hydrogen-bond acceptors (Lipinski definition) is 3. The van der Waals surface area contributed by atoms with E-state index in [0.29, 0.717) is 17.4 Å². The molecule has 0 bridgehead atoms. The van der Waals surface area contributed by atoms with Gasteiger partial charge in [-0.25, -0.2) is 4.98 Å². The van der Waals surface area contributed by atoms with Gasteiger partial charge in [0.15, 0.2) is 0 Å². The van der Waals surface area contributed by atoms with Gasteiger partial charge in [-0.3, -0.25) is 0 Å². The molecule has 0 amide bonds. The van der Waals surface area contributed by atoms with Crippen LogP contribution in [0, 0.1) is 23.2 Å². The van der Waals surface area contributed by atoms with Crippen LogP contribution in [0.5, 0.6) is 0 Å². The van der Waals surface area contributed by atoms with Gasteiger partial charge in [0.05, 0.1) is 11.6 Å². The SMILES string of the molecule is CC(C)C(C)CNc1cc(C#N)ccn1. The molecule has 3 heteroatoms. The maximum absolute atomic E-state index is 8.72. The highest BCUT2D eigenvalue weighted by Crippen LogP contribution is 2.11. The summed E-state index contributed by atoms with van der Waals surface area (Å²) in [7, 11) is 0. The van der Waals surface area contributed by atoms with E-state index in [4.69, 9.17) is 5.26 Å². The van der Waals surface area contributed by atoms with Crippen LogP contribution in [0.1, 0.15) is 26.3 Å². The maximum Gasteiger partial charge on any atom is 0.127 e. The van der Waals surface area contributed by atoms with Gasteiger partial charge in [0.2, 0.25) is 0 Å². The predicted molar refractivity (Wildman–Crippen MR) is 61.4 cm³/mol. The van der Waals surface area contributed by atoms with Gasteiger partial charge in [0.25, 0.3) is 0 Å². The van der Waals surface area contributed by atoms with Crippen molar-refractivity contribution in [1.82, 2.24) is 4.98 Å². The van der Waals surface area contributed by atoms with Crippen LogP contribution in [0.3, 0.4) is 0 Å². The second-order valence-electron chi connectivity index (χ2n) is 4.14. The molecule has 0 radical (unpaired) electrons. The number of nitrogens with one attached hydrogen (secondary N) is 1. The second-order valence-corrected chi connectivity index (χ2v) is 4.14. The topological polar surface area (TPSA) is 48.7 Å². The van der Waals surface area contributed by atoms with Crippen molar-refractivity contribution in [1.29, 1.82) is 5.26 Å². The largest absolute Gasteiger partial charge is 0.370 e. The molecule has 0 aliphatic heterocycles. The third kappa shape index (κ3) is 3.59. The number of nitrogens with zero attached hydrogens (tertiary/aromatic N) is 2. The van der Waals surface area contributed by atoms with Gasteiger partial charge in [0, 0.05) is 12.7 Å². The van der Waals surface area contributed by atoms with Crippen molar-refractivity contribution < 1.29 is 0 Å². The molecule has 1 N–H and O–H groups in total. The van der Waals surface area contributed by atoms with Gasteiger partial charge in [-0.2, -0.15) is 5.26 Å². The van der Waals surface area contributed by atoms with Crippen molar-refractivity contribution in [2.24, 2.45) is 11.8 Å². The Morgan fingerprint density at radius 1 is 1.47 bits per heavy atom. The van der Waals surface area contributed by atoms with E-state index >= 15 is 0 Å². The van der Waals surface area contributed by atoms with Crippen LogP contribution in [0.15, 0.2) is 18.3 Å². The van der Waals surface area contributed by atoms with Gasteiger partial charge in [-0.1, -0.05) is 20.8 Å². The summed E-state index contributed by atoms with van der Waals surface area (Å²) >= 11 is 0. The quantitative estimate of drug-likeness (QED) is 0.818. The molecule has 80 valence electrons. The minimum atomic E-state index is 0.595. The molecule has 1 heterocycles. The summed E-state index contributed by atoms with van der Waals surface area (Å²) < 4.78 is 0. The molecule has 1 rings (SSSR count). The van der Waals surface area contributed by atoms with Crippen molar-refractivity contribution in [3.8, 4) is 6.07 Å². The normalized spacial score (nSPS) is 12.2. The zero-order chi connectivity index (χ0) is 11.3. The fourth-order valence-corrected chi connectivity index (χ4v) is 1.10. The lowest BCUT2D eigenvalue weighted by atomic mass is 9.98. The minimum Gasteiger partial charge on any atom is -0.370 e. The first-order valence-corrected chi connectivity index (χ1v) is 5.23. The average molecular weight is 203 g/mol. The molecule has 0 aliphatic rings. The minimum absolute atomic E-state index is 0.595. The van der Waals surface area contributed by atoms with E-state index in [1.54, 1.807) is 18.3 Å². The molecule has 1 aromatic rings. The van der Waals surface area contributed by atoms with E-state index in [-0.39, 0.29) is 0 Å². The number of hydrogen-bond donors (Lipinski definition) is 1. The Hall–Kier alpha value is -1.56. The summed E-state index contributed by atoms with van der Waals surface area (Å²) in [6.07, 6.45) is 1.65. The van der Waals surface area contributed by atoms with Crippen molar-refractivity contribution in [3.05, 3.63) is 23.9 Å². The number of pyridine rings is 1. The Balaban J connectivity index is 2.55. The first kappa shape index (κ1) is 11.5. The lowest BCUT2D eigenvalue weighted by molar-refractivity contribution is 0.439. The monoisotopic (exact) mass is 203 g/mol. The Kier molecular flexibility index (Phi) is 4.11. The molecule has 1 atom stereocenters. The van der Waals surface area contributed by atoms with E-state index in [9.17, 15) is 0 Å². The molecule has 3 nitrogen and oxygen atoms in total. The molecule has 0 fully saturated rings. The summed E-state index contributed by atoms with van der Waals surface area (Å²) in [5.74, 6) is 2.02. The summed E-state index contributed by atoms with van der Waals surface area (Å²) in [5, 5.41) is 12.0. The van der Waals surface area contributed by atoms with E-state index in [2.05, 4.69) is 37.1 Å². The van der Waals surface area contributed by atoms with Gasteiger partial charge in [-0.15, -0.1) is 0 Å². The Bertz CT molecular complexity index is 352. The summed E-state index contributed by atoms with van der Waals surface area (Å²) in [5.41, 5.74) is 0.643. The zero-order valence-corrected chi connectivity index (χ0v) is 9.49. The van der Waals surface area contributed by atoms with Gasteiger partial charge >= 0.3 is 0 Å². The fourth-order valence-electron chi connectivity index (χ4n) is 1.10. The van der Waals surface area contributed by atoms with Gasteiger partial charge < -0.3 is 5.32 Å². The molecule has 0 aromatic carbocycles. The zero-order valence-electron chi connectivity index (χ0n) is 9.49. The first-order chi connectivity index (χ1) is 7.13. The average Bonchev–Trinajstić information content (AvgIpc) is 2.26. The van der Waals surface area contributed by atoms with Crippen LogP contribution in [0.2, 0.25) is 0 Å². The van der Waals surface area contributed by atoms with Crippen LogP contribution in [0.25, 0.3) is 0 Å². The Morgan fingerprint density at radius 2 is 2.20 bits per heavy atom. The van der Waals surface area contributed by atoms with E-state index in [1.165, 1.54) is 0 Å². The number of nitriles is 1. The second kappa shape index (κ2) is 5.35. The maximum atomic E-state index is 8.72. The molecule has 15 heavy (non-hydrogen) atoms. The molecule has 0 saturated carbocycles. The van der Waals surface area contributed by atoms with Crippen molar-refractivity contribution >= 4 is 5.82 Å². The Morgan fingerprint density at radius 3 is 2.80 bits per heavy atom. The summed E-state index contributed by atoms with van der Waals surface area (Å²) in [6, 6.07) is 5.57. The molecular formula is C12H17N3. The lowest BCUT2D eigenvalue weighted by Gasteiger charge is -2.16. The van der Waals surface area contributed by atoms with Gasteiger partial charge in [-0.05, 0) is 24.0 Å². The Labute approximate surface area is 91.1 Å². The molecule has 1 aromatic heterocycles. The van der Waals surface area contributed by atoms with Gasteiger partial charge in [0.1, 0.15) is 5.82 Å². The molecule has 0 aliphatic carbocycles. The molecular weight excluding hydrogens is 186 g/mol. The third-order valence-electron chi connectivity index (χ3n) is 2.63. The van der Waals surface area contributed by atoms with E-state index < -0.39 is 0 Å².